The van der Waals surface area contributed by atoms with Crippen molar-refractivity contribution in [1.29, 1.82) is 0 Å². The first-order valence-electron chi connectivity index (χ1n) is 13.3. The number of hydrogen-bond acceptors (Lipinski definition) is 2. The number of carboxylic acids is 1. The van der Waals surface area contributed by atoms with E-state index in [2.05, 4.69) is 41.5 Å². The number of carbonyl (C=O) groups is 2. The molecule has 0 aromatic heterocycles. The van der Waals surface area contributed by atoms with Crippen LogP contribution in [0.1, 0.15) is 112 Å². The minimum atomic E-state index is -0.764. The van der Waals surface area contributed by atoms with Crippen molar-refractivity contribution >= 4 is 11.8 Å². The summed E-state index contributed by atoms with van der Waals surface area (Å²) in [7, 11) is 0. The molecule has 6 unspecified atom stereocenters. The van der Waals surface area contributed by atoms with Crippen LogP contribution >= 0.6 is 0 Å². The Hall–Kier alpha value is -0.860. The quantitative estimate of drug-likeness (QED) is 0.413. The molecule has 0 aliphatic heterocycles. The summed E-state index contributed by atoms with van der Waals surface area (Å²) in [6.07, 6.45) is 11.5. The highest BCUT2D eigenvalue weighted by Gasteiger charge is 2.61. The van der Waals surface area contributed by atoms with E-state index in [0.29, 0.717) is 47.7 Å². The molecule has 0 saturated heterocycles. The van der Waals surface area contributed by atoms with Gasteiger partial charge < -0.3 is 5.11 Å². The first-order chi connectivity index (χ1) is 14.5. The lowest BCUT2D eigenvalue weighted by Crippen LogP contribution is -2.55. The Morgan fingerprint density at radius 1 is 1.10 bits per heavy atom. The van der Waals surface area contributed by atoms with E-state index in [4.69, 9.17) is 0 Å². The minimum Gasteiger partial charge on any atom is -0.481 e. The van der Waals surface area contributed by atoms with Gasteiger partial charge in [0, 0.05) is 18.3 Å². The largest absolute Gasteiger partial charge is 0.481 e. The molecule has 3 nitrogen and oxygen atoms in total. The van der Waals surface area contributed by atoms with Crippen molar-refractivity contribution in [3.63, 3.8) is 0 Å². The summed E-state index contributed by atoms with van der Waals surface area (Å²) in [6.45, 7) is 14.1. The Kier molecular flexibility index (Phi) is 7.64. The summed E-state index contributed by atoms with van der Waals surface area (Å²) in [6, 6.07) is 0. The molecule has 3 saturated carbocycles. The highest BCUT2D eigenvalue weighted by molar-refractivity contribution is 5.86. The molecular formula is C28H48O3. The van der Waals surface area contributed by atoms with Crippen molar-refractivity contribution in [2.45, 2.75) is 112 Å². The molecule has 178 valence electrons. The molecule has 3 heteroatoms. The molecule has 8 atom stereocenters. The van der Waals surface area contributed by atoms with E-state index in [-0.39, 0.29) is 6.42 Å². The number of ketones is 1. The molecule has 0 aromatic carbocycles. The van der Waals surface area contributed by atoms with Crippen molar-refractivity contribution < 1.29 is 14.7 Å². The predicted octanol–water partition coefficient (Wildman–Crippen LogP) is 7.38. The van der Waals surface area contributed by atoms with Gasteiger partial charge in [-0.1, -0.05) is 67.2 Å². The van der Waals surface area contributed by atoms with Crippen LogP contribution in [0.5, 0.6) is 0 Å². The number of Topliss-reactive ketones (excluding diaryl/α,β-unsaturated/α-hetero) is 1. The second kappa shape index (κ2) is 9.56. The van der Waals surface area contributed by atoms with Gasteiger partial charge in [-0.2, -0.15) is 0 Å². The average molecular weight is 433 g/mol. The van der Waals surface area contributed by atoms with Crippen LogP contribution in [-0.2, 0) is 9.59 Å². The fourth-order valence-electron chi connectivity index (χ4n) is 8.54. The number of fused-ring (bicyclic) bond motifs is 3. The van der Waals surface area contributed by atoms with Gasteiger partial charge in [-0.05, 0) is 78.9 Å². The first kappa shape index (κ1) is 24.8. The third-order valence-electron chi connectivity index (χ3n) is 10.4. The Labute approximate surface area is 191 Å². The maximum Gasteiger partial charge on any atom is 0.303 e. The molecule has 3 rings (SSSR count). The van der Waals surface area contributed by atoms with Crippen molar-refractivity contribution in [2.24, 2.45) is 52.3 Å². The van der Waals surface area contributed by atoms with Crippen LogP contribution in [0.25, 0.3) is 0 Å². The third-order valence-corrected chi connectivity index (χ3v) is 10.4. The number of carboxylic acid groups (broad SMARTS) is 1. The molecule has 0 heterocycles. The lowest BCUT2D eigenvalue weighted by atomic mass is 9.45. The van der Waals surface area contributed by atoms with E-state index >= 15 is 0 Å². The monoisotopic (exact) mass is 432 g/mol. The van der Waals surface area contributed by atoms with Crippen LogP contribution in [0.2, 0.25) is 0 Å². The molecule has 0 radical (unpaired) electrons. The lowest BCUT2D eigenvalue weighted by Gasteiger charge is -2.58. The Morgan fingerprint density at radius 3 is 2.42 bits per heavy atom. The van der Waals surface area contributed by atoms with Crippen LogP contribution in [0, 0.1) is 52.3 Å². The zero-order chi connectivity index (χ0) is 23.0. The van der Waals surface area contributed by atoms with Gasteiger partial charge in [-0.25, -0.2) is 0 Å². The zero-order valence-electron chi connectivity index (χ0n) is 21.1. The average Bonchev–Trinajstić information content (AvgIpc) is 3.05. The van der Waals surface area contributed by atoms with Gasteiger partial charge in [0.15, 0.2) is 0 Å². The minimum absolute atomic E-state index is 0.125. The van der Waals surface area contributed by atoms with Gasteiger partial charge >= 0.3 is 5.97 Å². The van der Waals surface area contributed by atoms with Crippen molar-refractivity contribution in [1.82, 2.24) is 0 Å². The zero-order valence-corrected chi connectivity index (χ0v) is 21.1. The van der Waals surface area contributed by atoms with Crippen LogP contribution < -0.4 is 0 Å². The number of rotatable bonds is 9. The SMILES string of the molecule is CCC1CC(=O)[C@](C)(CCC(=O)O)C2CC[C@]3(C)C(C(C)CCCC(C)C)CCC3C12. The van der Waals surface area contributed by atoms with Gasteiger partial charge in [-0.15, -0.1) is 0 Å². The van der Waals surface area contributed by atoms with Crippen molar-refractivity contribution in [2.75, 3.05) is 0 Å². The second-order valence-corrected chi connectivity index (χ2v) is 12.4. The van der Waals surface area contributed by atoms with Gasteiger partial charge in [0.05, 0.1) is 0 Å². The molecule has 31 heavy (non-hydrogen) atoms. The van der Waals surface area contributed by atoms with Crippen LogP contribution in [-0.4, -0.2) is 16.9 Å². The highest BCUT2D eigenvalue weighted by Crippen LogP contribution is 2.67. The maximum absolute atomic E-state index is 13.3. The van der Waals surface area contributed by atoms with E-state index < -0.39 is 11.4 Å². The Bertz CT molecular complexity index is 655. The number of hydrogen-bond donors (Lipinski definition) is 1. The summed E-state index contributed by atoms with van der Waals surface area (Å²) in [5.41, 5.74) is -0.0308. The van der Waals surface area contributed by atoms with E-state index in [1.807, 2.05) is 0 Å². The summed E-state index contributed by atoms with van der Waals surface area (Å²) in [5, 5.41) is 9.32. The molecule has 0 amide bonds. The second-order valence-electron chi connectivity index (χ2n) is 12.4. The summed E-state index contributed by atoms with van der Waals surface area (Å²) in [5.74, 6) is 4.17. The maximum atomic E-state index is 13.3. The standard InChI is InChI=1S/C28H48O3/c1-7-20-17-24(29)28(6,16-14-25(30)31)23-13-15-27(5)21(11-12-22(27)26(20)23)19(4)10-8-9-18(2)3/h18-23,26H,7-17H2,1-6H3,(H,30,31)/t19?,20?,21?,22?,23?,26?,27-,28-/m1/s1. The van der Waals surface area contributed by atoms with Gasteiger partial charge in [0.25, 0.3) is 0 Å². The van der Waals surface area contributed by atoms with Crippen molar-refractivity contribution in [3.8, 4) is 0 Å². The van der Waals surface area contributed by atoms with Crippen LogP contribution in [0.15, 0.2) is 0 Å². The fourth-order valence-corrected chi connectivity index (χ4v) is 8.54. The molecule has 3 fully saturated rings. The number of carbonyl (C=O) groups excluding carboxylic acids is 1. The Balaban J connectivity index is 1.82. The van der Waals surface area contributed by atoms with E-state index in [1.54, 1.807) is 0 Å². The molecule has 0 bridgehead atoms. The molecule has 1 N–H and O–H groups in total. The highest BCUT2D eigenvalue weighted by atomic mass is 16.4. The summed E-state index contributed by atoms with van der Waals surface area (Å²) < 4.78 is 0. The Morgan fingerprint density at radius 2 is 1.81 bits per heavy atom. The van der Waals surface area contributed by atoms with Gasteiger partial charge in [0.2, 0.25) is 0 Å². The molecular weight excluding hydrogens is 384 g/mol. The number of aliphatic carboxylic acids is 1. The smallest absolute Gasteiger partial charge is 0.303 e. The van der Waals surface area contributed by atoms with E-state index in [9.17, 15) is 14.7 Å². The fraction of sp³-hybridized carbons (Fsp3) is 0.929. The third kappa shape index (κ3) is 4.62. The van der Waals surface area contributed by atoms with E-state index in [1.165, 1.54) is 38.5 Å². The van der Waals surface area contributed by atoms with Crippen molar-refractivity contribution in [3.05, 3.63) is 0 Å². The van der Waals surface area contributed by atoms with Crippen LogP contribution in [0.4, 0.5) is 0 Å². The van der Waals surface area contributed by atoms with E-state index in [0.717, 1.165) is 30.6 Å². The molecule has 3 aliphatic carbocycles. The summed E-state index contributed by atoms with van der Waals surface area (Å²) in [4.78, 5) is 24.6. The van der Waals surface area contributed by atoms with Gasteiger partial charge in [-0.3, -0.25) is 9.59 Å². The van der Waals surface area contributed by atoms with Gasteiger partial charge in [0.1, 0.15) is 5.78 Å². The van der Waals surface area contributed by atoms with Crippen LogP contribution in [0.3, 0.4) is 0 Å². The first-order valence-corrected chi connectivity index (χ1v) is 13.3. The molecule has 3 aliphatic rings. The predicted molar refractivity (Wildman–Crippen MR) is 127 cm³/mol. The normalized spacial score (nSPS) is 41.1. The molecule has 0 aromatic rings. The lowest BCUT2D eigenvalue weighted by molar-refractivity contribution is -0.155. The molecule has 0 spiro atoms. The topological polar surface area (TPSA) is 54.4 Å². The summed E-state index contributed by atoms with van der Waals surface area (Å²) >= 11 is 0.